The van der Waals surface area contributed by atoms with E-state index in [0.717, 1.165) is 0 Å². The van der Waals surface area contributed by atoms with E-state index >= 15 is 0 Å². The van der Waals surface area contributed by atoms with Crippen LogP contribution in [0.3, 0.4) is 0 Å². The van der Waals surface area contributed by atoms with E-state index in [1.165, 1.54) is 0 Å². The summed E-state index contributed by atoms with van der Waals surface area (Å²) in [5, 5.41) is 0. The van der Waals surface area contributed by atoms with E-state index in [1.54, 1.807) is 0 Å². The zero-order valence-electron chi connectivity index (χ0n) is 3.90. The molecule has 0 amide bonds. The summed E-state index contributed by atoms with van der Waals surface area (Å²) in [6.07, 6.45) is 0. The zero-order chi connectivity index (χ0) is 5.41. The first-order valence-electron chi connectivity index (χ1n) is 1.11. The van der Waals surface area contributed by atoms with Gasteiger partial charge in [-0.25, -0.2) is 0 Å². The molecule has 0 fully saturated rings. The van der Waals surface area contributed by atoms with Crippen molar-refractivity contribution in [2.45, 2.75) is 0 Å². The number of alkyl halides is 1. The van der Waals surface area contributed by atoms with Gasteiger partial charge in [-0.3, -0.25) is 0 Å². The van der Waals surface area contributed by atoms with Crippen LogP contribution >= 0.6 is 0 Å². The van der Waals surface area contributed by atoms with Gasteiger partial charge >= 0.3 is 35.9 Å². The van der Waals surface area contributed by atoms with Crippen molar-refractivity contribution < 1.29 is 51.4 Å². The van der Waals surface area contributed by atoms with Crippen LogP contribution in [0, 0.1) is 29.9 Å². The quantitative estimate of drug-likeness (QED) is 0.151. The fourth-order valence-corrected chi connectivity index (χ4v) is 0. The van der Waals surface area contributed by atoms with E-state index in [9.17, 15) is 0 Å². The molecule has 0 aromatic rings. The minimum absolute atomic E-state index is 0. The Labute approximate surface area is 76.8 Å². The molecule has 0 atom stereocenters. The SMILES string of the molecule is C[I-]N[NH-].[NH-]N.[Np]. The van der Waals surface area contributed by atoms with E-state index in [0.29, 0.717) is 0 Å². The molecule has 0 spiro atoms. The Balaban J connectivity index is -0.0000000480. The Morgan fingerprint density at radius 2 is 1.71 bits per heavy atom. The van der Waals surface area contributed by atoms with Gasteiger partial charge in [-0.05, 0) is 0 Å². The summed E-state index contributed by atoms with van der Waals surface area (Å²) in [5.41, 5.74) is 0. The second-order valence-electron chi connectivity index (χ2n) is 0.283. The Bertz CT molecular complexity index is 13.7. The monoisotopic (exact) mass is 439 g/mol. The standard InChI is InChI=1S/CH5IN2.H3N2.Np/c1-2-4-3;1-2;/h3-4H,1H3;1H,2H2;/q-2;-1;. The molecule has 0 aliphatic rings. The van der Waals surface area contributed by atoms with Crippen molar-refractivity contribution >= 4 is 0 Å². The van der Waals surface area contributed by atoms with E-state index in [4.69, 9.17) is 11.7 Å². The maximum atomic E-state index is 6.25. The molecule has 0 aliphatic heterocycles. The van der Waals surface area contributed by atoms with Crippen LogP contribution in [-0.2, 0) is 0 Å². The molecule has 4 nitrogen and oxygen atoms in total. The van der Waals surface area contributed by atoms with E-state index in [1.807, 2.05) is 4.93 Å². The van der Waals surface area contributed by atoms with Gasteiger partial charge in [-0.1, -0.05) is 0 Å². The van der Waals surface area contributed by atoms with Crippen molar-refractivity contribution in [1.82, 2.24) is 3.64 Å². The van der Waals surface area contributed by atoms with Crippen molar-refractivity contribution in [3.8, 4) is 0 Å². The molecule has 0 aromatic carbocycles. The van der Waals surface area contributed by atoms with Crippen molar-refractivity contribution in [1.29, 1.82) is 0 Å². The molecule has 0 bridgehead atoms. The molecular formula is CH8IN4Np-3. The first kappa shape index (κ1) is 15.8. The average Bonchev–Trinajstić information content (AvgIpc) is 1.72. The molecule has 6 heteroatoms. The van der Waals surface area contributed by atoms with Gasteiger partial charge in [0.05, 0.1) is 0 Å². The number of nitrogens with two attached hydrogens (primary N) is 1. The third kappa shape index (κ3) is 35.4. The Morgan fingerprint density at radius 1 is 1.57 bits per heavy atom. The van der Waals surface area contributed by atoms with Crippen LogP contribution in [0.4, 0.5) is 0 Å². The first-order chi connectivity index (χ1) is 2.91. The molecule has 0 unspecified atom stereocenters. The fraction of sp³-hybridized carbons (Fsp3) is 1.00. The Morgan fingerprint density at radius 3 is 1.71 bits per heavy atom. The number of rotatable bonds is 1. The molecule has 1 radical (unpaired) electrons. The van der Waals surface area contributed by atoms with Crippen molar-refractivity contribution in [3.63, 3.8) is 0 Å². The Kier molecular flexibility index (Phi) is 57.9. The molecule has 7 heavy (non-hydrogen) atoms. The van der Waals surface area contributed by atoms with Crippen molar-refractivity contribution in [3.05, 3.63) is 11.7 Å². The zero-order valence-corrected chi connectivity index (χ0v) is 9.78. The normalized spacial score (nSPS) is 5.71. The number of hydrogen-bond donors (Lipinski definition) is 2. The van der Waals surface area contributed by atoms with Crippen LogP contribution in [-0.4, -0.2) is 4.93 Å². The summed E-state index contributed by atoms with van der Waals surface area (Å²) in [7, 11) is 0. The van der Waals surface area contributed by atoms with Gasteiger partial charge in [0.2, 0.25) is 0 Å². The van der Waals surface area contributed by atoms with E-state index in [-0.39, 0.29) is 51.4 Å². The fourth-order valence-electron chi connectivity index (χ4n) is 0. The van der Waals surface area contributed by atoms with Gasteiger partial charge in [0.1, 0.15) is 0 Å². The van der Waals surface area contributed by atoms with Gasteiger partial charge in [-0.15, -0.1) is 0 Å². The molecular weight excluding hydrogens is 432 g/mol. The smallest absolute Gasteiger partial charge is 0 e. The molecule has 0 saturated heterocycles. The molecule has 0 heterocycles. The Hall–Kier alpha value is 1.58. The van der Waals surface area contributed by atoms with Gasteiger partial charge in [0.25, 0.3) is 0 Å². The maximum absolute atomic E-state index is 6.25. The summed E-state index contributed by atoms with van der Waals surface area (Å²) in [6, 6.07) is 0. The summed E-state index contributed by atoms with van der Waals surface area (Å²) < 4.78 is 2.29. The first-order valence-corrected chi connectivity index (χ1v) is 4.34. The second kappa shape index (κ2) is 25.6. The summed E-state index contributed by atoms with van der Waals surface area (Å²) in [5.74, 6) is 15.3. The minimum atomic E-state index is 0. The van der Waals surface area contributed by atoms with Crippen molar-refractivity contribution in [2.75, 3.05) is 4.93 Å². The van der Waals surface area contributed by atoms with Gasteiger partial charge in [0.15, 0.2) is 0 Å². The van der Waals surface area contributed by atoms with Crippen molar-refractivity contribution in [2.24, 2.45) is 5.84 Å². The number of halogens is 1. The maximum Gasteiger partial charge on any atom is 0 e. The summed E-state index contributed by atoms with van der Waals surface area (Å²) in [6.45, 7) is 0. The largest absolute Gasteiger partial charge is 0.615 e. The van der Waals surface area contributed by atoms with Gasteiger partial charge < -0.3 is 11.7 Å². The average molecular weight is 440 g/mol. The molecule has 5 N–H and O–H groups in total. The molecule has 0 aromatic heterocycles. The second-order valence-corrected chi connectivity index (χ2v) is 1.90. The minimum Gasteiger partial charge on any atom is -0.615 e. The number of nitrogens with one attached hydrogen (secondary N) is 3. The topological polar surface area (TPSA) is 85.6 Å². The third-order valence-corrected chi connectivity index (χ3v) is 0.634. The summed E-state index contributed by atoms with van der Waals surface area (Å²) in [4.78, 5) is 1.99. The molecule has 0 rings (SSSR count). The van der Waals surface area contributed by atoms with E-state index < -0.39 is 0 Å². The molecule has 0 aliphatic carbocycles. The van der Waals surface area contributed by atoms with Crippen LogP contribution in [0.2, 0.25) is 0 Å². The number of hydrogen-bond acceptors (Lipinski definition) is 2. The van der Waals surface area contributed by atoms with Crippen LogP contribution in [0.1, 0.15) is 0 Å². The summed E-state index contributed by atoms with van der Waals surface area (Å²) >= 11 is 0.0272. The predicted molar refractivity (Wildman–Crippen MR) is 21.9 cm³/mol. The van der Waals surface area contributed by atoms with Crippen LogP contribution in [0.25, 0.3) is 11.7 Å². The molecule has 0 saturated carbocycles. The van der Waals surface area contributed by atoms with Crippen LogP contribution in [0.15, 0.2) is 0 Å². The predicted octanol–water partition coefficient (Wildman–Crippen LogP) is -2.91. The molecule has 47 valence electrons. The van der Waals surface area contributed by atoms with Gasteiger partial charge in [0, 0.05) is 29.9 Å². The van der Waals surface area contributed by atoms with Gasteiger partial charge in [-0.2, -0.15) is 0 Å². The van der Waals surface area contributed by atoms with Crippen LogP contribution in [0.5, 0.6) is 0 Å². The van der Waals surface area contributed by atoms with E-state index in [2.05, 4.69) is 9.48 Å². The van der Waals surface area contributed by atoms with Crippen LogP contribution < -0.4 is 31.0 Å². The third-order valence-electron chi connectivity index (χ3n) is 0.0945.